The van der Waals surface area contributed by atoms with E-state index in [1.807, 2.05) is 0 Å². The molecule has 0 aliphatic heterocycles. The maximum atomic E-state index is 13.1. The Bertz CT molecular complexity index is 676. The molecule has 0 aliphatic carbocycles. The van der Waals surface area contributed by atoms with Crippen LogP contribution in [0.15, 0.2) is 35.0 Å². The van der Waals surface area contributed by atoms with E-state index in [2.05, 4.69) is 34.1 Å². The van der Waals surface area contributed by atoms with E-state index in [0.717, 1.165) is 21.8 Å². The number of nitrogens with zero attached hydrogens (tertiary/aromatic N) is 1. The van der Waals surface area contributed by atoms with Crippen LogP contribution in [0.2, 0.25) is 0 Å². The number of anilines is 1. The van der Waals surface area contributed by atoms with E-state index in [1.165, 1.54) is 29.0 Å². The minimum Gasteiger partial charge on any atom is -0.359 e. The summed E-state index contributed by atoms with van der Waals surface area (Å²) < 4.78 is 14.0. The second kappa shape index (κ2) is 5.27. The summed E-state index contributed by atoms with van der Waals surface area (Å²) in [6.07, 6.45) is 0.966. The van der Waals surface area contributed by atoms with E-state index in [-0.39, 0.29) is 5.82 Å². The molecule has 1 N–H and O–H groups in total. The summed E-state index contributed by atoms with van der Waals surface area (Å²) in [6, 6.07) is 7.13. The lowest BCUT2D eigenvalue weighted by Gasteiger charge is -2.11. The van der Waals surface area contributed by atoms with Gasteiger partial charge in [-0.2, -0.15) is 11.3 Å². The van der Waals surface area contributed by atoms with Crippen LogP contribution in [0.3, 0.4) is 0 Å². The van der Waals surface area contributed by atoms with Gasteiger partial charge in [0.25, 0.3) is 0 Å². The predicted molar refractivity (Wildman–Crippen MR) is 80.7 cm³/mol. The number of aromatic nitrogens is 1. The number of benzene rings is 1. The number of halogens is 1. The zero-order chi connectivity index (χ0) is 13.2. The van der Waals surface area contributed by atoms with Crippen LogP contribution in [0, 0.1) is 5.82 Å². The van der Waals surface area contributed by atoms with Crippen molar-refractivity contribution in [2.45, 2.75) is 19.4 Å². The molecule has 2 heterocycles. The first-order valence-electron chi connectivity index (χ1n) is 6.04. The summed E-state index contributed by atoms with van der Waals surface area (Å²) in [4.78, 5) is 4.47. The molecule has 5 heteroatoms. The third-order valence-corrected chi connectivity index (χ3v) is 4.52. The Morgan fingerprint density at radius 2 is 2.26 bits per heavy atom. The third-order valence-electron chi connectivity index (χ3n) is 2.84. The molecule has 0 radical (unpaired) electrons. The molecular weight excluding hydrogens is 279 g/mol. The predicted octanol–water partition coefficient (Wildman–Crippen LogP) is 4.54. The van der Waals surface area contributed by atoms with E-state index in [0.29, 0.717) is 6.04 Å². The molecule has 0 saturated heterocycles. The molecule has 1 atom stereocenters. The molecule has 1 unspecified atom stereocenters. The molecule has 0 spiro atoms. The molecule has 2 aromatic heterocycles. The number of nitrogens with one attached hydrogen (secondary N) is 1. The van der Waals surface area contributed by atoms with E-state index < -0.39 is 0 Å². The van der Waals surface area contributed by atoms with Crippen LogP contribution in [-0.2, 0) is 6.42 Å². The summed E-state index contributed by atoms with van der Waals surface area (Å²) in [5.41, 5.74) is 2.17. The van der Waals surface area contributed by atoms with Gasteiger partial charge >= 0.3 is 0 Å². The molecule has 0 amide bonds. The number of hydrogen-bond donors (Lipinski definition) is 1. The molecule has 0 aliphatic rings. The average molecular weight is 292 g/mol. The molecule has 0 saturated carbocycles. The second-order valence-corrected chi connectivity index (χ2v) is 6.32. The van der Waals surface area contributed by atoms with Crippen LogP contribution >= 0.6 is 22.7 Å². The molecule has 1 aromatic carbocycles. The standard InChI is InChI=1S/C14H13FN2S2/c1-9(6-10-4-5-18-8-10)16-14-17-12-3-2-11(15)7-13(12)19-14/h2-5,7-9H,6H2,1H3,(H,16,17). The van der Waals surface area contributed by atoms with E-state index >= 15 is 0 Å². The zero-order valence-corrected chi connectivity index (χ0v) is 12.0. The van der Waals surface area contributed by atoms with Crippen molar-refractivity contribution in [3.8, 4) is 0 Å². The molecule has 2 nitrogen and oxygen atoms in total. The topological polar surface area (TPSA) is 24.9 Å². The van der Waals surface area contributed by atoms with Crippen molar-refractivity contribution < 1.29 is 4.39 Å². The molecule has 3 aromatic rings. The number of fused-ring (bicyclic) bond motifs is 1. The highest BCUT2D eigenvalue weighted by Crippen LogP contribution is 2.27. The Morgan fingerprint density at radius 3 is 3.05 bits per heavy atom. The normalized spacial score (nSPS) is 12.7. The Morgan fingerprint density at radius 1 is 1.37 bits per heavy atom. The van der Waals surface area contributed by atoms with Crippen LogP contribution in [0.1, 0.15) is 12.5 Å². The van der Waals surface area contributed by atoms with Crippen LogP contribution < -0.4 is 5.32 Å². The van der Waals surface area contributed by atoms with Gasteiger partial charge in [0.15, 0.2) is 5.13 Å². The summed E-state index contributed by atoms with van der Waals surface area (Å²) >= 11 is 3.20. The van der Waals surface area contributed by atoms with Crippen LogP contribution in [-0.4, -0.2) is 11.0 Å². The molecule has 98 valence electrons. The van der Waals surface area contributed by atoms with Crippen molar-refractivity contribution in [2.75, 3.05) is 5.32 Å². The summed E-state index contributed by atoms with van der Waals surface area (Å²) in [7, 11) is 0. The minimum atomic E-state index is -0.214. The maximum absolute atomic E-state index is 13.1. The van der Waals surface area contributed by atoms with Gasteiger partial charge in [0.1, 0.15) is 5.82 Å². The van der Waals surface area contributed by atoms with Gasteiger partial charge in [-0.15, -0.1) is 0 Å². The number of hydrogen-bond acceptors (Lipinski definition) is 4. The van der Waals surface area contributed by atoms with Crippen molar-refractivity contribution in [2.24, 2.45) is 0 Å². The van der Waals surface area contributed by atoms with Crippen molar-refractivity contribution >= 4 is 38.0 Å². The smallest absolute Gasteiger partial charge is 0.184 e. The number of thiazole rings is 1. The van der Waals surface area contributed by atoms with Gasteiger partial charge in [-0.3, -0.25) is 0 Å². The monoisotopic (exact) mass is 292 g/mol. The van der Waals surface area contributed by atoms with Crippen LogP contribution in [0.25, 0.3) is 10.2 Å². The second-order valence-electron chi connectivity index (χ2n) is 4.51. The fourth-order valence-corrected chi connectivity index (χ4v) is 3.67. The maximum Gasteiger partial charge on any atom is 0.184 e. The lowest BCUT2D eigenvalue weighted by molar-refractivity contribution is 0.630. The van der Waals surface area contributed by atoms with Crippen molar-refractivity contribution in [1.82, 2.24) is 4.98 Å². The highest BCUT2D eigenvalue weighted by molar-refractivity contribution is 7.22. The lowest BCUT2D eigenvalue weighted by Crippen LogP contribution is -2.17. The Labute approximate surface area is 118 Å². The van der Waals surface area contributed by atoms with Crippen LogP contribution in [0.4, 0.5) is 9.52 Å². The first kappa shape index (κ1) is 12.6. The number of rotatable bonds is 4. The zero-order valence-electron chi connectivity index (χ0n) is 10.4. The third kappa shape index (κ3) is 2.93. The first-order chi connectivity index (χ1) is 9.20. The Kier molecular flexibility index (Phi) is 3.48. The van der Waals surface area contributed by atoms with Crippen LogP contribution in [0.5, 0.6) is 0 Å². The average Bonchev–Trinajstić information content (AvgIpc) is 2.97. The fourth-order valence-electron chi connectivity index (χ4n) is 1.98. The fraction of sp³-hybridized carbons (Fsp3) is 0.214. The van der Waals surface area contributed by atoms with Crippen molar-refractivity contribution in [1.29, 1.82) is 0 Å². The van der Waals surface area contributed by atoms with Gasteiger partial charge in [0.05, 0.1) is 10.2 Å². The Balaban J connectivity index is 1.74. The molecular formula is C14H13FN2S2. The SMILES string of the molecule is CC(Cc1ccsc1)Nc1nc2ccc(F)cc2s1. The van der Waals surface area contributed by atoms with E-state index in [4.69, 9.17) is 0 Å². The highest BCUT2D eigenvalue weighted by Gasteiger charge is 2.08. The van der Waals surface area contributed by atoms with Gasteiger partial charge in [0, 0.05) is 6.04 Å². The lowest BCUT2D eigenvalue weighted by atomic mass is 10.1. The quantitative estimate of drug-likeness (QED) is 0.763. The highest BCUT2D eigenvalue weighted by atomic mass is 32.1. The molecule has 3 rings (SSSR count). The van der Waals surface area contributed by atoms with Gasteiger partial charge in [-0.1, -0.05) is 11.3 Å². The van der Waals surface area contributed by atoms with E-state index in [1.54, 1.807) is 17.4 Å². The molecule has 0 bridgehead atoms. The van der Waals surface area contributed by atoms with Crippen molar-refractivity contribution in [3.05, 3.63) is 46.4 Å². The minimum absolute atomic E-state index is 0.214. The van der Waals surface area contributed by atoms with Crippen molar-refractivity contribution in [3.63, 3.8) is 0 Å². The summed E-state index contributed by atoms with van der Waals surface area (Å²) in [5.74, 6) is -0.214. The van der Waals surface area contributed by atoms with Gasteiger partial charge in [-0.25, -0.2) is 9.37 Å². The van der Waals surface area contributed by atoms with E-state index in [9.17, 15) is 4.39 Å². The number of thiophene rings is 1. The van der Waals surface area contributed by atoms with Gasteiger partial charge < -0.3 is 5.32 Å². The van der Waals surface area contributed by atoms with Gasteiger partial charge in [-0.05, 0) is 53.9 Å². The summed E-state index contributed by atoms with van der Waals surface area (Å²) in [6.45, 7) is 2.13. The largest absolute Gasteiger partial charge is 0.359 e. The molecule has 19 heavy (non-hydrogen) atoms. The van der Waals surface area contributed by atoms with Gasteiger partial charge in [0.2, 0.25) is 0 Å². The molecule has 0 fully saturated rings. The summed E-state index contributed by atoms with van der Waals surface area (Å²) in [5, 5.41) is 8.47. The Hall–Kier alpha value is -1.46. The first-order valence-corrected chi connectivity index (χ1v) is 7.80.